The van der Waals surface area contributed by atoms with Gasteiger partial charge in [-0.1, -0.05) is 65.7 Å². The first-order valence-corrected chi connectivity index (χ1v) is 15.4. The van der Waals surface area contributed by atoms with Crippen molar-refractivity contribution in [3.05, 3.63) is 94.0 Å². The number of alkyl halides is 6. The number of amides is 2. The van der Waals surface area contributed by atoms with E-state index in [0.717, 1.165) is 23.3 Å². The van der Waals surface area contributed by atoms with Crippen molar-refractivity contribution in [2.75, 3.05) is 19.6 Å². The van der Waals surface area contributed by atoms with Crippen LogP contribution in [0.1, 0.15) is 59.7 Å². The molecule has 2 atom stereocenters. The number of aryl methyl sites for hydroxylation is 1. The fourth-order valence-electron chi connectivity index (χ4n) is 6.24. The van der Waals surface area contributed by atoms with Crippen LogP contribution in [0.5, 0.6) is 0 Å². The molecule has 1 aliphatic rings. The summed E-state index contributed by atoms with van der Waals surface area (Å²) in [7, 11) is 0. The van der Waals surface area contributed by atoms with Gasteiger partial charge in [0.1, 0.15) is 0 Å². The number of aliphatic hydroxyl groups is 2. The number of rotatable bonds is 9. The molecule has 0 aromatic heterocycles. The number of hydrogen-bond donors (Lipinski definition) is 3. The van der Waals surface area contributed by atoms with Crippen LogP contribution in [0.3, 0.4) is 0 Å². The Morgan fingerprint density at radius 1 is 0.957 bits per heavy atom. The van der Waals surface area contributed by atoms with Crippen molar-refractivity contribution in [3.63, 3.8) is 0 Å². The van der Waals surface area contributed by atoms with Gasteiger partial charge in [-0.3, -0.25) is 9.59 Å². The Morgan fingerprint density at radius 3 is 2.19 bits per heavy atom. The minimum atomic E-state index is -6.06. The summed E-state index contributed by atoms with van der Waals surface area (Å²) >= 11 is 6.73. The molecule has 1 saturated heterocycles. The third-order valence-corrected chi connectivity index (χ3v) is 8.96. The van der Waals surface area contributed by atoms with Crippen molar-refractivity contribution in [3.8, 4) is 11.1 Å². The summed E-state index contributed by atoms with van der Waals surface area (Å²) < 4.78 is 80.2. The molecule has 3 aromatic rings. The van der Waals surface area contributed by atoms with Crippen LogP contribution in [-0.2, 0) is 16.0 Å². The molecule has 1 aliphatic heterocycles. The minimum absolute atomic E-state index is 0.0199. The fraction of sp³-hybridized carbons (Fsp3) is 0.412. The van der Waals surface area contributed by atoms with E-state index in [1.807, 2.05) is 31.2 Å². The highest BCUT2D eigenvalue weighted by atomic mass is 35.5. The molecule has 1 heterocycles. The van der Waals surface area contributed by atoms with E-state index in [2.05, 4.69) is 5.32 Å². The van der Waals surface area contributed by atoms with Crippen molar-refractivity contribution < 1.29 is 46.1 Å². The molecule has 2 amide bonds. The summed E-state index contributed by atoms with van der Waals surface area (Å²) in [6.07, 6.45) is -10.6. The average molecular weight is 685 g/mol. The Labute approximate surface area is 273 Å². The van der Waals surface area contributed by atoms with Gasteiger partial charge in [0, 0.05) is 54.2 Å². The number of piperidine rings is 1. The predicted octanol–water partition coefficient (Wildman–Crippen LogP) is 7.28. The summed E-state index contributed by atoms with van der Waals surface area (Å²) in [5.41, 5.74) is -5.44. The molecule has 0 radical (unpaired) electrons. The van der Waals surface area contributed by atoms with Gasteiger partial charge in [-0.25, -0.2) is 0 Å². The van der Waals surface area contributed by atoms with Crippen LogP contribution in [0, 0.1) is 12.8 Å². The second-order valence-electron chi connectivity index (χ2n) is 11.9. The fourth-order valence-corrected chi connectivity index (χ4v) is 6.52. The van der Waals surface area contributed by atoms with Gasteiger partial charge >= 0.3 is 12.4 Å². The highest BCUT2D eigenvalue weighted by Crippen LogP contribution is 2.50. The highest BCUT2D eigenvalue weighted by Gasteiger charge is 2.71. The zero-order valence-corrected chi connectivity index (χ0v) is 26.4. The van der Waals surface area contributed by atoms with Crippen LogP contribution < -0.4 is 5.32 Å². The third-order valence-electron chi connectivity index (χ3n) is 8.65. The average Bonchev–Trinajstić information content (AvgIpc) is 3.01. The van der Waals surface area contributed by atoms with Gasteiger partial charge in [0.15, 0.2) is 0 Å². The van der Waals surface area contributed by atoms with E-state index >= 15 is 0 Å². The van der Waals surface area contributed by atoms with Gasteiger partial charge in [-0.15, -0.1) is 0 Å². The number of carbonyl (C=O) groups excluding carboxylic acids is 2. The van der Waals surface area contributed by atoms with E-state index in [1.54, 1.807) is 18.2 Å². The summed E-state index contributed by atoms with van der Waals surface area (Å²) in [4.78, 5) is 26.5. The Balaban J connectivity index is 1.68. The van der Waals surface area contributed by atoms with E-state index in [1.165, 1.54) is 11.8 Å². The molecule has 4 rings (SSSR count). The normalized spacial score (nSPS) is 17.3. The standard InChI is InChI=1S/C34H35ClF6N2O4/c1-21-7-3-8-24(19-21)29-27(10-4-11-28(29)35)31(46,16-6-17-42-22(2)44)26-9-5-18-43(20-26)30(45)23-12-14-25(15-13-23)32(47,33(36,37)38)34(39,40)41/h3-4,7-8,10-15,19,26,46-47H,5-6,9,16-18,20H2,1-2H3,(H,42,44). The first kappa shape index (κ1) is 36.2. The molecule has 254 valence electrons. The van der Waals surface area contributed by atoms with Crippen molar-refractivity contribution in [1.29, 1.82) is 0 Å². The lowest BCUT2D eigenvalue weighted by atomic mass is 9.72. The van der Waals surface area contributed by atoms with Crippen LogP contribution in [0.25, 0.3) is 11.1 Å². The second-order valence-corrected chi connectivity index (χ2v) is 12.3. The van der Waals surface area contributed by atoms with Crippen LogP contribution in [0.15, 0.2) is 66.7 Å². The number of halogens is 7. The van der Waals surface area contributed by atoms with Crippen molar-refractivity contribution >= 4 is 23.4 Å². The molecule has 47 heavy (non-hydrogen) atoms. The summed E-state index contributed by atoms with van der Waals surface area (Å²) in [6.45, 7) is 3.83. The molecular formula is C34H35ClF6N2O4. The van der Waals surface area contributed by atoms with E-state index in [9.17, 15) is 46.1 Å². The Bertz CT molecular complexity index is 1580. The van der Waals surface area contributed by atoms with Gasteiger partial charge in [0.2, 0.25) is 5.91 Å². The zero-order valence-electron chi connectivity index (χ0n) is 25.7. The van der Waals surface area contributed by atoms with Gasteiger partial charge in [0.25, 0.3) is 11.5 Å². The predicted molar refractivity (Wildman–Crippen MR) is 165 cm³/mol. The lowest BCUT2D eigenvalue weighted by Gasteiger charge is -2.44. The van der Waals surface area contributed by atoms with Crippen LogP contribution in [0.4, 0.5) is 26.3 Å². The second kappa shape index (κ2) is 13.9. The minimum Gasteiger partial charge on any atom is -0.385 e. The number of nitrogens with one attached hydrogen (secondary N) is 1. The number of benzene rings is 3. The van der Waals surface area contributed by atoms with Crippen molar-refractivity contribution in [2.24, 2.45) is 5.92 Å². The van der Waals surface area contributed by atoms with E-state index in [-0.39, 0.29) is 37.5 Å². The molecule has 0 spiro atoms. The van der Waals surface area contributed by atoms with Gasteiger partial charge < -0.3 is 20.4 Å². The highest BCUT2D eigenvalue weighted by molar-refractivity contribution is 6.33. The molecule has 13 heteroatoms. The molecular weight excluding hydrogens is 650 g/mol. The Hall–Kier alpha value is -3.61. The summed E-state index contributed by atoms with van der Waals surface area (Å²) in [5, 5.41) is 25.4. The maximum absolute atomic E-state index is 13.5. The quantitative estimate of drug-likeness (QED) is 0.163. The molecule has 3 N–H and O–H groups in total. The third kappa shape index (κ3) is 7.44. The first-order chi connectivity index (χ1) is 21.9. The largest absolute Gasteiger partial charge is 0.430 e. The van der Waals surface area contributed by atoms with Gasteiger partial charge in [-0.2, -0.15) is 26.3 Å². The maximum atomic E-state index is 13.5. The van der Waals surface area contributed by atoms with Gasteiger partial charge in [-0.05, 0) is 61.9 Å². The Morgan fingerprint density at radius 2 is 1.60 bits per heavy atom. The molecule has 1 fully saturated rings. The van der Waals surface area contributed by atoms with Crippen LogP contribution in [-0.4, -0.2) is 58.9 Å². The summed E-state index contributed by atoms with van der Waals surface area (Å²) in [5.74, 6) is -1.45. The number of carbonyl (C=O) groups is 2. The van der Waals surface area contributed by atoms with E-state index < -0.39 is 40.9 Å². The molecule has 3 aromatic carbocycles. The maximum Gasteiger partial charge on any atom is 0.430 e. The lowest BCUT2D eigenvalue weighted by Crippen LogP contribution is -2.53. The van der Waals surface area contributed by atoms with Crippen LogP contribution in [0.2, 0.25) is 5.02 Å². The number of nitrogens with zero attached hydrogens (tertiary/aromatic N) is 1. The van der Waals surface area contributed by atoms with Gasteiger partial charge in [0.05, 0.1) is 5.60 Å². The number of hydrogen-bond acceptors (Lipinski definition) is 4. The van der Waals surface area contributed by atoms with Crippen molar-refractivity contribution in [2.45, 2.75) is 63.1 Å². The Kier molecular flexibility index (Phi) is 10.7. The van der Waals surface area contributed by atoms with Crippen molar-refractivity contribution in [1.82, 2.24) is 10.2 Å². The molecule has 2 unspecified atom stereocenters. The molecule has 0 aliphatic carbocycles. The number of likely N-dealkylation sites (tertiary alicyclic amines) is 1. The SMILES string of the molecule is CC(=O)NCCCC(O)(c1cccc(Cl)c1-c1cccc(C)c1)C1CCCN(C(=O)c2ccc(C(O)(C(F)(F)F)C(F)(F)F)cc2)C1. The first-order valence-electron chi connectivity index (χ1n) is 15.0. The molecule has 0 bridgehead atoms. The van der Waals surface area contributed by atoms with E-state index in [4.69, 9.17) is 11.6 Å². The molecule has 0 saturated carbocycles. The van der Waals surface area contributed by atoms with E-state index in [0.29, 0.717) is 47.5 Å². The lowest BCUT2D eigenvalue weighted by molar-refractivity contribution is -0.376. The monoisotopic (exact) mass is 684 g/mol. The smallest absolute Gasteiger partial charge is 0.385 e. The topological polar surface area (TPSA) is 89.9 Å². The molecule has 6 nitrogen and oxygen atoms in total. The van der Waals surface area contributed by atoms with Crippen LogP contribution >= 0.6 is 11.6 Å². The zero-order chi connectivity index (χ0) is 34.8. The summed E-state index contributed by atoms with van der Waals surface area (Å²) in [6, 6.07) is 15.3.